The average Bonchev–Trinajstić information content (AvgIpc) is 3.03. The molecule has 1 fully saturated rings. The zero-order valence-corrected chi connectivity index (χ0v) is 16.8. The first-order valence-electron chi connectivity index (χ1n) is 10.0. The molecule has 2 aromatic carbocycles. The molecule has 1 atom stereocenters. The molecule has 1 unspecified atom stereocenters. The van der Waals surface area contributed by atoms with Crippen LogP contribution in [-0.4, -0.2) is 17.9 Å². The van der Waals surface area contributed by atoms with Gasteiger partial charge in [-0.3, -0.25) is 9.59 Å². The second-order valence-electron chi connectivity index (χ2n) is 7.94. The maximum atomic E-state index is 13.2. The monoisotopic (exact) mass is 396 g/mol. The van der Waals surface area contributed by atoms with E-state index in [1.165, 1.54) is 5.56 Å². The van der Waals surface area contributed by atoms with Gasteiger partial charge in [0.05, 0.1) is 0 Å². The molecule has 1 aliphatic heterocycles. The molecule has 1 heterocycles. The maximum absolute atomic E-state index is 13.2. The van der Waals surface area contributed by atoms with Gasteiger partial charge in [-0.1, -0.05) is 35.9 Å². The molecule has 2 amide bonds. The van der Waals surface area contributed by atoms with Gasteiger partial charge in [0.15, 0.2) is 0 Å². The third-order valence-electron chi connectivity index (χ3n) is 5.98. The number of hydrogen-bond donors (Lipinski definition) is 1. The normalized spacial score (nSPS) is 23.9. The Balaban J connectivity index is 1.36. The Morgan fingerprint density at radius 2 is 1.71 bits per heavy atom. The number of nitrogens with one attached hydrogen (secondary N) is 1. The number of benzene rings is 2. The number of nitrogens with zero attached hydrogens (tertiary/aromatic N) is 1. The van der Waals surface area contributed by atoms with Gasteiger partial charge in [0.25, 0.3) is 0 Å². The number of rotatable bonds is 3. The fourth-order valence-corrected chi connectivity index (χ4v) is 4.70. The average molecular weight is 397 g/mol. The number of para-hydroxylation sites is 1. The molecule has 146 valence electrons. The van der Waals surface area contributed by atoms with Gasteiger partial charge in [-0.05, 0) is 68.9 Å². The number of carbonyl (C=O) groups excluding carboxylic acids is 2. The van der Waals surface area contributed by atoms with Crippen molar-refractivity contribution in [1.29, 1.82) is 0 Å². The molecular formula is C23H25ClN2O2. The third kappa shape index (κ3) is 3.79. The highest BCUT2D eigenvalue weighted by Gasteiger charge is 2.37. The number of carbonyl (C=O) groups is 2. The highest BCUT2D eigenvalue weighted by molar-refractivity contribution is 6.30. The molecule has 0 saturated heterocycles. The standard InChI is InChI=1S/C23H25ClN2O2/c1-15-13-18-5-2-3-8-21(18)26(15)23(28)17-11-9-16(10-12-17)22(27)25-20-7-4-6-19(24)14-20/h2-8,14-17H,9-13H2,1H3,(H,25,27). The molecule has 28 heavy (non-hydrogen) atoms. The Morgan fingerprint density at radius 1 is 1.00 bits per heavy atom. The molecule has 0 radical (unpaired) electrons. The zero-order chi connectivity index (χ0) is 19.7. The summed E-state index contributed by atoms with van der Waals surface area (Å²) < 4.78 is 0. The van der Waals surface area contributed by atoms with Crippen LogP contribution in [0, 0.1) is 11.8 Å². The van der Waals surface area contributed by atoms with E-state index in [2.05, 4.69) is 18.3 Å². The summed E-state index contributed by atoms with van der Waals surface area (Å²) in [5.41, 5.74) is 3.02. The summed E-state index contributed by atoms with van der Waals surface area (Å²) in [6.07, 6.45) is 3.92. The van der Waals surface area contributed by atoms with Crippen LogP contribution < -0.4 is 10.2 Å². The Kier molecular flexibility index (Phi) is 5.40. The van der Waals surface area contributed by atoms with Crippen molar-refractivity contribution < 1.29 is 9.59 Å². The predicted molar refractivity (Wildman–Crippen MR) is 113 cm³/mol. The molecule has 4 rings (SSSR count). The second-order valence-corrected chi connectivity index (χ2v) is 8.37. The summed E-state index contributed by atoms with van der Waals surface area (Å²) in [6, 6.07) is 15.6. The lowest BCUT2D eigenvalue weighted by atomic mass is 9.80. The third-order valence-corrected chi connectivity index (χ3v) is 6.22. The van der Waals surface area contributed by atoms with Gasteiger partial charge in [-0.2, -0.15) is 0 Å². The molecule has 0 spiro atoms. The van der Waals surface area contributed by atoms with E-state index in [1.807, 2.05) is 35.2 Å². The minimum absolute atomic E-state index is 0.00354. The highest BCUT2D eigenvalue weighted by atomic mass is 35.5. The first-order valence-corrected chi connectivity index (χ1v) is 10.4. The fraction of sp³-hybridized carbons (Fsp3) is 0.391. The summed E-state index contributed by atoms with van der Waals surface area (Å²) in [6.45, 7) is 2.11. The molecule has 0 aromatic heterocycles. The predicted octanol–water partition coefficient (Wildman–Crippen LogP) is 5.06. The van der Waals surface area contributed by atoms with E-state index in [1.54, 1.807) is 12.1 Å². The lowest BCUT2D eigenvalue weighted by Gasteiger charge is -2.32. The Morgan fingerprint density at radius 3 is 2.46 bits per heavy atom. The quantitative estimate of drug-likeness (QED) is 0.788. The SMILES string of the molecule is CC1Cc2ccccc2N1C(=O)C1CCC(C(=O)Nc2cccc(Cl)c2)CC1. The molecule has 1 N–H and O–H groups in total. The van der Waals surface area contributed by atoms with Gasteiger partial charge in [0.1, 0.15) is 0 Å². The molecule has 2 aliphatic rings. The van der Waals surface area contributed by atoms with Crippen LogP contribution in [0.1, 0.15) is 38.2 Å². The smallest absolute Gasteiger partial charge is 0.230 e. The largest absolute Gasteiger partial charge is 0.326 e. The minimum atomic E-state index is -0.0497. The number of hydrogen-bond acceptors (Lipinski definition) is 2. The van der Waals surface area contributed by atoms with E-state index in [-0.39, 0.29) is 29.7 Å². The van der Waals surface area contributed by atoms with E-state index in [9.17, 15) is 9.59 Å². The fourth-order valence-electron chi connectivity index (χ4n) is 4.51. The van der Waals surface area contributed by atoms with Crippen LogP contribution in [0.5, 0.6) is 0 Å². The van der Waals surface area contributed by atoms with Crippen LogP contribution in [0.15, 0.2) is 48.5 Å². The molecule has 4 nitrogen and oxygen atoms in total. The van der Waals surface area contributed by atoms with Crippen molar-refractivity contribution in [2.75, 3.05) is 10.2 Å². The van der Waals surface area contributed by atoms with Crippen LogP contribution in [0.3, 0.4) is 0 Å². The van der Waals surface area contributed by atoms with E-state index in [0.29, 0.717) is 5.02 Å². The Hall–Kier alpha value is -2.33. The van der Waals surface area contributed by atoms with Crippen LogP contribution in [-0.2, 0) is 16.0 Å². The summed E-state index contributed by atoms with van der Waals surface area (Å²) >= 11 is 5.98. The van der Waals surface area contributed by atoms with Gasteiger partial charge in [-0.25, -0.2) is 0 Å². The van der Waals surface area contributed by atoms with Crippen molar-refractivity contribution in [3.8, 4) is 0 Å². The van der Waals surface area contributed by atoms with Gasteiger partial charge < -0.3 is 10.2 Å². The summed E-state index contributed by atoms with van der Waals surface area (Å²) in [5.74, 6) is 0.189. The molecule has 1 saturated carbocycles. The molecule has 2 aromatic rings. The molecule has 1 aliphatic carbocycles. The van der Waals surface area contributed by atoms with Crippen LogP contribution in [0.2, 0.25) is 5.02 Å². The second kappa shape index (κ2) is 7.96. The summed E-state index contributed by atoms with van der Waals surface area (Å²) in [4.78, 5) is 27.7. The van der Waals surface area contributed by atoms with Crippen molar-refractivity contribution in [2.45, 2.75) is 45.1 Å². The van der Waals surface area contributed by atoms with E-state index in [4.69, 9.17) is 11.6 Å². The van der Waals surface area contributed by atoms with Gasteiger partial charge in [0, 0.05) is 34.3 Å². The van der Waals surface area contributed by atoms with Crippen LogP contribution in [0.4, 0.5) is 11.4 Å². The summed E-state index contributed by atoms with van der Waals surface area (Å²) in [7, 11) is 0. The van der Waals surface area contributed by atoms with Crippen molar-refractivity contribution in [2.24, 2.45) is 11.8 Å². The minimum Gasteiger partial charge on any atom is -0.326 e. The first kappa shape index (κ1) is 19.0. The van der Waals surface area contributed by atoms with E-state index >= 15 is 0 Å². The topological polar surface area (TPSA) is 49.4 Å². The lowest BCUT2D eigenvalue weighted by molar-refractivity contribution is -0.126. The lowest BCUT2D eigenvalue weighted by Crippen LogP contribution is -2.42. The van der Waals surface area contributed by atoms with E-state index < -0.39 is 0 Å². The Labute approximate surface area is 170 Å². The number of fused-ring (bicyclic) bond motifs is 1. The van der Waals surface area contributed by atoms with Crippen molar-refractivity contribution in [1.82, 2.24) is 0 Å². The van der Waals surface area contributed by atoms with Crippen molar-refractivity contribution >= 4 is 34.8 Å². The van der Waals surface area contributed by atoms with E-state index in [0.717, 1.165) is 43.5 Å². The van der Waals surface area contributed by atoms with Gasteiger partial charge in [-0.15, -0.1) is 0 Å². The Bertz CT molecular complexity index is 890. The molecule has 5 heteroatoms. The molecular weight excluding hydrogens is 372 g/mol. The number of halogens is 1. The number of amides is 2. The van der Waals surface area contributed by atoms with Gasteiger partial charge >= 0.3 is 0 Å². The van der Waals surface area contributed by atoms with Crippen molar-refractivity contribution in [3.05, 3.63) is 59.1 Å². The maximum Gasteiger partial charge on any atom is 0.230 e. The van der Waals surface area contributed by atoms with Gasteiger partial charge in [0.2, 0.25) is 11.8 Å². The molecule has 0 bridgehead atoms. The summed E-state index contributed by atoms with van der Waals surface area (Å²) in [5, 5.41) is 3.56. The number of anilines is 2. The van der Waals surface area contributed by atoms with Crippen molar-refractivity contribution in [3.63, 3.8) is 0 Å². The first-order chi connectivity index (χ1) is 13.5. The highest BCUT2D eigenvalue weighted by Crippen LogP contribution is 2.37. The zero-order valence-electron chi connectivity index (χ0n) is 16.0. The van der Waals surface area contributed by atoms with Crippen LogP contribution >= 0.6 is 11.6 Å². The van der Waals surface area contributed by atoms with Crippen LogP contribution in [0.25, 0.3) is 0 Å².